The van der Waals surface area contributed by atoms with Crippen LogP contribution in [0.3, 0.4) is 0 Å². The molecule has 6 nitrogen and oxygen atoms in total. The lowest BCUT2D eigenvalue weighted by molar-refractivity contribution is 0.311. The smallest absolute Gasteiger partial charge is 0.262 e. The fourth-order valence-corrected chi connectivity index (χ4v) is 3.97. The van der Waals surface area contributed by atoms with Crippen LogP contribution in [0.25, 0.3) is 0 Å². The Hall–Kier alpha value is -2.03. The number of sulfonamides is 1. The molecule has 9 heteroatoms. The van der Waals surface area contributed by atoms with E-state index in [2.05, 4.69) is 14.5 Å². The van der Waals surface area contributed by atoms with Crippen LogP contribution in [-0.2, 0) is 10.0 Å². The summed E-state index contributed by atoms with van der Waals surface area (Å²) < 4.78 is 46.9. The maximum Gasteiger partial charge on any atom is 0.262 e. The number of ether oxygens (including phenoxy) is 1. The first kappa shape index (κ1) is 21.3. The molecule has 0 unspecified atom stereocenters. The monoisotopic (exact) mass is 415 g/mol. The summed E-state index contributed by atoms with van der Waals surface area (Å²) in [7, 11) is -0.310. The number of piperazine rings is 1. The number of nitrogens with one attached hydrogen (secondary N) is 1. The third-order valence-electron chi connectivity index (χ3n) is 4.42. The van der Waals surface area contributed by atoms with Gasteiger partial charge in [0.2, 0.25) is 0 Å². The first-order valence-corrected chi connectivity index (χ1v) is 9.78. The predicted molar refractivity (Wildman–Crippen MR) is 107 cm³/mol. The zero-order valence-corrected chi connectivity index (χ0v) is 16.8. The Labute approximate surface area is 165 Å². The second-order valence-corrected chi connectivity index (χ2v) is 7.89. The highest BCUT2D eigenvalue weighted by Gasteiger charge is 2.22. The highest BCUT2D eigenvalue weighted by atomic mass is 35.5. The molecule has 27 heavy (non-hydrogen) atoms. The normalized spacial score (nSPS) is 15.1. The first-order chi connectivity index (χ1) is 12.4. The van der Waals surface area contributed by atoms with Gasteiger partial charge in [-0.2, -0.15) is 0 Å². The molecule has 0 aliphatic carbocycles. The number of hydrogen-bond donors (Lipinski definition) is 1. The molecule has 0 saturated carbocycles. The van der Waals surface area contributed by atoms with E-state index in [1.54, 1.807) is 25.3 Å². The molecule has 1 aliphatic heterocycles. The van der Waals surface area contributed by atoms with E-state index in [0.29, 0.717) is 5.75 Å². The first-order valence-electron chi connectivity index (χ1n) is 8.29. The summed E-state index contributed by atoms with van der Waals surface area (Å²) in [6.07, 6.45) is 0. The maximum absolute atomic E-state index is 13.8. The van der Waals surface area contributed by atoms with Gasteiger partial charge in [-0.1, -0.05) is 12.1 Å². The van der Waals surface area contributed by atoms with Crippen LogP contribution >= 0.6 is 12.4 Å². The number of hydrogen-bond acceptors (Lipinski definition) is 5. The van der Waals surface area contributed by atoms with E-state index < -0.39 is 15.8 Å². The van der Waals surface area contributed by atoms with Gasteiger partial charge in [-0.15, -0.1) is 12.4 Å². The SMILES string of the molecule is COc1ccc(S(=O)(=O)Nc2ccccc2F)cc1N1CCN(C)CC1.Cl. The van der Waals surface area contributed by atoms with Crippen molar-refractivity contribution in [1.82, 2.24) is 4.90 Å². The number of nitrogens with zero attached hydrogens (tertiary/aromatic N) is 2. The van der Waals surface area contributed by atoms with E-state index in [0.717, 1.165) is 31.9 Å². The number of para-hydroxylation sites is 1. The van der Waals surface area contributed by atoms with Crippen LogP contribution in [0.4, 0.5) is 15.8 Å². The van der Waals surface area contributed by atoms with Crippen molar-refractivity contribution < 1.29 is 17.5 Å². The molecule has 0 aromatic heterocycles. The Kier molecular flexibility index (Phi) is 6.91. The lowest BCUT2D eigenvalue weighted by atomic mass is 10.2. The van der Waals surface area contributed by atoms with Crippen LogP contribution in [-0.4, -0.2) is 53.7 Å². The molecule has 2 aromatic carbocycles. The molecule has 0 spiro atoms. The average Bonchev–Trinajstić information content (AvgIpc) is 2.63. The van der Waals surface area contributed by atoms with Crippen molar-refractivity contribution in [3.63, 3.8) is 0 Å². The van der Waals surface area contributed by atoms with Crippen molar-refractivity contribution in [2.45, 2.75) is 4.90 Å². The van der Waals surface area contributed by atoms with Crippen molar-refractivity contribution >= 4 is 33.8 Å². The predicted octanol–water partition coefficient (Wildman–Crippen LogP) is 2.81. The molecule has 0 bridgehead atoms. The van der Waals surface area contributed by atoms with E-state index >= 15 is 0 Å². The second kappa shape index (κ2) is 8.77. The molecule has 1 saturated heterocycles. The molecular weight excluding hydrogens is 393 g/mol. The lowest BCUT2D eigenvalue weighted by Gasteiger charge is -2.34. The highest BCUT2D eigenvalue weighted by Crippen LogP contribution is 2.32. The fourth-order valence-electron chi connectivity index (χ4n) is 2.88. The Morgan fingerprint density at radius 2 is 1.74 bits per heavy atom. The van der Waals surface area contributed by atoms with Crippen LogP contribution in [0.2, 0.25) is 0 Å². The standard InChI is InChI=1S/C18H22FN3O3S.ClH/c1-21-9-11-22(12-10-21)17-13-14(7-8-18(17)25-2)26(23,24)20-16-6-4-3-5-15(16)19;/h3-8,13,20H,9-12H2,1-2H3;1H. The molecule has 1 fully saturated rings. The van der Waals surface area contributed by atoms with E-state index in [1.807, 2.05) is 7.05 Å². The molecule has 1 aliphatic rings. The van der Waals surface area contributed by atoms with Crippen molar-refractivity contribution in [1.29, 1.82) is 0 Å². The van der Waals surface area contributed by atoms with Crippen molar-refractivity contribution in [2.75, 3.05) is 50.0 Å². The Balaban J connectivity index is 0.00000261. The minimum Gasteiger partial charge on any atom is -0.495 e. The van der Waals surface area contributed by atoms with Crippen LogP contribution < -0.4 is 14.4 Å². The van der Waals surface area contributed by atoms with Crippen molar-refractivity contribution in [2.24, 2.45) is 0 Å². The third-order valence-corrected chi connectivity index (χ3v) is 5.79. The van der Waals surface area contributed by atoms with Crippen molar-refractivity contribution in [3.05, 3.63) is 48.3 Å². The van der Waals surface area contributed by atoms with E-state index in [1.165, 1.54) is 24.3 Å². The number of methoxy groups -OCH3 is 1. The maximum atomic E-state index is 13.8. The van der Waals surface area contributed by atoms with Gasteiger partial charge in [0.1, 0.15) is 11.6 Å². The van der Waals surface area contributed by atoms with Gasteiger partial charge in [0, 0.05) is 26.2 Å². The topological polar surface area (TPSA) is 61.9 Å². The summed E-state index contributed by atoms with van der Waals surface area (Å²) >= 11 is 0. The summed E-state index contributed by atoms with van der Waals surface area (Å²) in [4.78, 5) is 4.38. The molecule has 0 radical (unpaired) electrons. The van der Waals surface area contributed by atoms with Gasteiger partial charge in [-0.25, -0.2) is 12.8 Å². The fraction of sp³-hybridized carbons (Fsp3) is 0.333. The summed E-state index contributed by atoms with van der Waals surface area (Å²) in [5, 5.41) is 0. The number of likely N-dealkylation sites (N-methyl/N-ethyl adjacent to an activating group) is 1. The number of halogens is 2. The van der Waals surface area contributed by atoms with Crippen LogP contribution in [0.1, 0.15) is 0 Å². The van der Waals surface area contributed by atoms with Gasteiger partial charge in [-0.05, 0) is 37.4 Å². The Morgan fingerprint density at radius 3 is 2.37 bits per heavy atom. The molecule has 2 aromatic rings. The van der Waals surface area contributed by atoms with Crippen LogP contribution in [0.15, 0.2) is 47.4 Å². The Bertz CT molecular complexity index is 887. The summed E-state index contributed by atoms with van der Waals surface area (Å²) in [5.41, 5.74) is 0.640. The molecule has 148 valence electrons. The van der Waals surface area contributed by atoms with Gasteiger partial charge in [0.25, 0.3) is 10.0 Å². The van der Waals surface area contributed by atoms with Gasteiger partial charge >= 0.3 is 0 Å². The summed E-state index contributed by atoms with van der Waals surface area (Å²) in [5.74, 6) is -0.0109. The quantitative estimate of drug-likeness (QED) is 0.813. The molecule has 3 rings (SSSR count). The lowest BCUT2D eigenvalue weighted by Crippen LogP contribution is -2.44. The number of rotatable bonds is 5. The van der Waals surface area contributed by atoms with E-state index in [4.69, 9.17) is 4.74 Å². The molecule has 0 amide bonds. The van der Waals surface area contributed by atoms with Crippen LogP contribution in [0.5, 0.6) is 5.75 Å². The van der Waals surface area contributed by atoms with Gasteiger partial charge in [0.05, 0.1) is 23.4 Å². The Morgan fingerprint density at radius 1 is 1.07 bits per heavy atom. The van der Waals surface area contributed by atoms with E-state index in [-0.39, 0.29) is 23.0 Å². The van der Waals surface area contributed by atoms with Crippen molar-refractivity contribution in [3.8, 4) is 5.75 Å². The third kappa shape index (κ3) is 4.82. The molecule has 1 N–H and O–H groups in total. The van der Waals surface area contributed by atoms with Gasteiger partial charge in [0.15, 0.2) is 0 Å². The second-order valence-electron chi connectivity index (χ2n) is 6.21. The van der Waals surface area contributed by atoms with Crippen LogP contribution in [0, 0.1) is 5.82 Å². The molecule has 1 heterocycles. The average molecular weight is 416 g/mol. The minimum absolute atomic E-state index is 0. The largest absolute Gasteiger partial charge is 0.495 e. The number of anilines is 2. The van der Waals surface area contributed by atoms with Gasteiger partial charge in [-0.3, -0.25) is 4.72 Å². The highest BCUT2D eigenvalue weighted by molar-refractivity contribution is 7.92. The zero-order valence-electron chi connectivity index (χ0n) is 15.2. The zero-order chi connectivity index (χ0) is 18.7. The minimum atomic E-state index is -3.92. The number of benzene rings is 2. The summed E-state index contributed by atoms with van der Waals surface area (Å²) in [6, 6.07) is 10.3. The molecule has 0 atom stereocenters. The van der Waals surface area contributed by atoms with Gasteiger partial charge < -0.3 is 14.5 Å². The molecular formula is C18H23ClFN3O3S. The van der Waals surface area contributed by atoms with E-state index in [9.17, 15) is 12.8 Å². The summed E-state index contributed by atoms with van der Waals surface area (Å²) in [6.45, 7) is 3.31.